The van der Waals surface area contributed by atoms with E-state index in [1.165, 1.54) is 16.8 Å². The first-order valence-corrected chi connectivity index (χ1v) is 14.1. The number of hydrogen-bond donors (Lipinski definition) is 2. The summed E-state index contributed by atoms with van der Waals surface area (Å²) in [7, 11) is 0. The van der Waals surface area contributed by atoms with Gasteiger partial charge in [0.05, 0.1) is 12.0 Å². The summed E-state index contributed by atoms with van der Waals surface area (Å²) in [4.78, 5) is 26.0. The number of furan rings is 1. The summed E-state index contributed by atoms with van der Waals surface area (Å²) in [5.74, 6) is 0.907. The lowest BCUT2D eigenvalue weighted by Gasteiger charge is -2.36. The van der Waals surface area contributed by atoms with Crippen LogP contribution in [-0.4, -0.2) is 87.1 Å². The molecule has 1 aromatic carbocycles. The summed E-state index contributed by atoms with van der Waals surface area (Å²) in [5, 5.41) is 7.31. The molecule has 41 heavy (non-hydrogen) atoms. The topological polar surface area (TPSA) is 132 Å². The average Bonchev–Trinajstić information content (AvgIpc) is 3.76. The molecule has 2 saturated heterocycles. The number of hydrogen-bond acceptors (Lipinski definition) is 11. The van der Waals surface area contributed by atoms with Crippen LogP contribution in [0.15, 0.2) is 45.8 Å². The van der Waals surface area contributed by atoms with Crippen LogP contribution in [0.25, 0.3) is 27.6 Å². The van der Waals surface area contributed by atoms with Crippen molar-refractivity contribution in [1.29, 1.82) is 0 Å². The van der Waals surface area contributed by atoms with E-state index in [2.05, 4.69) is 25.3 Å². The lowest BCUT2D eigenvalue weighted by Crippen LogP contribution is -2.47. The lowest BCUT2D eigenvalue weighted by atomic mass is 10.2. The first-order valence-electron chi connectivity index (χ1n) is 13.3. The number of nitrogens with zero attached hydrogens (tertiary/aromatic N) is 7. The van der Waals surface area contributed by atoms with Gasteiger partial charge < -0.3 is 25.1 Å². The van der Waals surface area contributed by atoms with Gasteiger partial charge in [0.2, 0.25) is 11.8 Å². The predicted molar refractivity (Wildman–Crippen MR) is 150 cm³/mol. The van der Waals surface area contributed by atoms with Crippen molar-refractivity contribution >= 4 is 39.0 Å². The van der Waals surface area contributed by atoms with E-state index in [1.54, 1.807) is 28.8 Å². The molecule has 15 heteroatoms. The number of benzene rings is 1. The van der Waals surface area contributed by atoms with Gasteiger partial charge in [0, 0.05) is 58.4 Å². The Kier molecular flexibility index (Phi) is 6.55. The van der Waals surface area contributed by atoms with Crippen LogP contribution in [0.5, 0.6) is 5.75 Å². The van der Waals surface area contributed by atoms with Crippen LogP contribution in [0.2, 0.25) is 0 Å². The number of ether oxygens (including phenoxy) is 1. The van der Waals surface area contributed by atoms with E-state index in [9.17, 15) is 13.6 Å². The molecule has 0 amide bonds. The molecule has 2 fully saturated rings. The minimum Gasteiger partial charge on any atom is -0.486 e. The van der Waals surface area contributed by atoms with Crippen molar-refractivity contribution in [2.75, 3.05) is 56.4 Å². The second-order valence-electron chi connectivity index (χ2n) is 10.1. The highest BCUT2D eigenvalue weighted by Crippen LogP contribution is 2.28. The molecular weight excluding hydrogens is 556 g/mol. The molecule has 6 heterocycles. The van der Waals surface area contributed by atoms with Gasteiger partial charge in [-0.25, -0.2) is 13.8 Å². The molecule has 0 spiro atoms. The molecular formula is C26H27F2N9O3S. The fraction of sp³-hybridized carbons (Fsp3) is 0.385. The van der Waals surface area contributed by atoms with Gasteiger partial charge >= 0.3 is 4.87 Å². The maximum Gasteiger partial charge on any atom is 0.309 e. The Balaban J connectivity index is 1.01. The summed E-state index contributed by atoms with van der Waals surface area (Å²) in [6, 6.07) is 8.19. The molecule has 12 nitrogen and oxygen atoms in total. The summed E-state index contributed by atoms with van der Waals surface area (Å²) >= 11 is 1.06. The molecule has 2 aliphatic heterocycles. The number of fused-ring (bicyclic) bond motifs is 3. The van der Waals surface area contributed by atoms with Gasteiger partial charge in [-0.05, 0) is 24.3 Å². The third-order valence-corrected chi connectivity index (χ3v) is 8.47. The van der Waals surface area contributed by atoms with E-state index < -0.39 is 18.1 Å². The second-order valence-corrected chi connectivity index (χ2v) is 11.0. The maximum atomic E-state index is 14.9. The number of piperazine rings is 1. The molecule has 0 radical (unpaired) electrons. The number of nitrogens with two attached hydrogens (primary N) is 1. The molecule has 214 valence electrons. The van der Waals surface area contributed by atoms with Crippen molar-refractivity contribution < 1.29 is 17.9 Å². The molecule has 5 aromatic rings. The zero-order valence-corrected chi connectivity index (χ0v) is 22.7. The molecule has 7 rings (SSSR count). The Morgan fingerprint density at radius 2 is 1.98 bits per heavy atom. The second kappa shape index (κ2) is 10.4. The molecule has 0 unspecified atom stereocenters. The minimum absolute atomic E-state index is 0.126. The Hall–Kier alpha value is -4.08. The minimum atomic E-state index is -1.11. The van der Waals surface area contributed by atoms with Crippen LogP contribution in [-0.2, 0) is 6.54 Å². The van der Waals surface area contributed by atoms with E-state index in [0.717, 1.165) is 11.3 Å². The average molecular weight is 584 g/mol. The van der Waals surface area contributed by atoms with E-state index in [0.29, 0.717) is 84.8 Å². The molecule has 0 bridgehead atoms. The van der Waals surface area contributed by atoms with Crippen LogP contribution in [0.3, 0.4) is 0 Å². The van der Waals surface area contributed by atoms with Crippen LogP contribution in [0.1, 0.15) is 0 Å². The SMILES string of the molecule is Nc1nc2c(sc(=O)n2CCN2CCN(c3ccc(O[C@H]4CNC[C@H]4F)cc3F)CC2)c2nc(-c3ccco3)nn12. The monoisotopic (exact) mass is 583 g/mol. The number of halogens is 2. The van der Waals surface area contributed by atoms with Crippen molar-refractivity contribution in [3.63, 3.8) is 0 Å². The third-order valence-electron chi connectivity index (χ3n) is 7.51. The molecule has 0 aliphatic carbocycles. The van der Waals surface area contributed by atoms with E-state index in [1.807, 2.05) is 4.90 Å². The normalized spacial score (nSPS) is 20.0. The van der Waals surface area contributed by atoms with Crippen molar-refractivity contribution in [3.8, 4) is 17.3 Å². The van der Waals surface area contributed by atoms with Gasteiger partial charge in [-0.15, -0.1) is 5.10 Å². The Bertz CT molecular complexity index is 1760. The van der Waals surface area contributed by atoms with Gasteiger partial charge in [0.15, 0.2) is 23.2 Å². The van der Waals surface area contributed by atoms with Gasteiger partial charge in [-0.3, -0.25) is 14.3 Å². The summed E-state index contributed by atoms with van der Waals surface area (Å²) < 4.78 is 43.4. The quantitative estimate of drug-likeness (QED) is 0.293. The Labute approximate surface area is 235 Å². The van der Waals surface area contributed by atoms with Gasteiger partial charge in [-0.1, -0.05) is 11.3 Å². The van der Waals surface area contributed by atoms with Crippen molar-refractivity contribution in [3.05, 3.63) is 52.1 Å². The number of thiazole rings is 1. The smallest absolute Gasteiger partial charge is 0.309 e. The first kappa shape index (κ1) is 25.9. The highest BCUT2D eigenvalue weighted by molar-refractivity contribution is 7.17. The number of rotatable bonds is 7. The molecule has 0 saturated carbocycles. The maximum absolute atomic E-state index is 14.9. The molecule has 3 N–H and O–H groups in total. The van der Waals surface area contributed by atoms with Crippen LogP contribution in [0.4, 0.5) is 20.4 Å². The van der Waals surface area contributed by atoms with E-state index in [-0.39, 0.29) is 17.4 Å². The fourth-order valence-corrected chi connectivity index (χ4v) is 6.25. The van der Waals surface area contributed by atoms with Crippen molar-refractivity contribution in [1.82, 2.24) is 34.4 Å². The number of nitrogen functional groups attached to an aromatic ring is 1. The highest BCUT2D eigenvalue weighted by atomic mass is 32.1. The first-order chi connectivity index (χ1) is 19.9. The summed E-state index contributed by atoms with van der Waals surface area (Å²) in [6.45, 7) is 4.33. The predicted octanol–water partition coefficient (Wildman–Crippen LogP) is 1.99. The van der Waals surface area contributed by atoms with E-state index >= 15 is 0 Å². The largest absolute Gasteiger partial charge is 0.486 e. The van der Waals surface area contributed by atoms with Crippen molar-refractivity contribution in [2.45, 2.75) is 18.8 Å². The van der Waals surface area contributed by atoms with Gasteiger partial charge in [0.25, 0.3) is 0 Å². The molecule has 4 aromatic heterocycles. The van der Waals surface area contributed by atoms with E-state index in [4.69, 9.17) is 14.9 Å². The van der Waals surface area contributed by atoms with Gasteiger partial charge in [0.1, 0.15) is 22.4 Å². The number of aromatic nitrogens is 5. The number of nitrogens with one attached hydrogen (secondary N) is 1. The Morgan fingerprint density at radius 1 is 1.12 bits per heavy atom. The number of anilines is 2. The summed E-state index contributed by atoms with van der Waals surface area (Å²) in [6.07, 6.45) is -0.178. The standard InChI is InChI=1S/C26H27F2N9O3S/c27-16-12-15(40-20-14-30-13-17(20)28)3-4-18(16)35-8-5-34(6-9-35)7-10-36-23-21(41-26(36)38)24-31-22(19-2-1-11-39-19)33-37(24)25(29)32-23/h1-4,11-12,17,20,30H,5-10,13-14H2,(H2,29,32)/t17-,20+/m1/s1. The third kappa shape index (κ3) is 4.79. The van der Waals surface area contributed by atoms with Crippen LogP contribution in [0, 0.1) is 5.82 Å². The molecule has 2 atom stereocenters. The Morgan fingerprint density at radius 3 is 2.71 bits per heavy atom. The van der Waals surface area contributed by atoms with Crippen LogP contribution < -0.4 is 25.6 Å². The van der Waals surface area contributed by atoms with Crippen LogP contribution >= 0.6 is 11.3 Å². The highest BCUT2D eigenvalue weighted by Gasteiger charge is 2.29. The fourth-order valence-electron chi connectivity index (χ4n) is 5.32. The summed E-state index contributed by atoms with van der Waals surface area (Å²) in [5.41, 5.74) is 7.60. The zero-order valence-electron chi connectivity index (χ0n) is 21.9. The van der Waals surface area contributed by atoms with Crippen molar-refractivity contribution in [2.24, 2.45) is 0 Å². The lowest BCUT2D eigenvalue weighted by molar-refractivity contribution is 0.139. The number of alkyl halides is 1. The zero-order chi connectivity index (χ0) is 28.1. The molecule has 2 aliphatic rings. The van der Waals surface area contributed by atoms with Gasteiger partial charge in [-0.2, -0.15) is 9.50 Å².